The minimum atomic E-state index is 0.406. The average Bonchev–Trinajstić information content (AvgIpc) is 2.86. The summed E-state index contributed by atoms with van der Waals surface area (Å²) in [6, 6.07) is 0.512. The molecule has 76 valence electrons. The van der Waals surface area contributed by atoms with Crippen molar-refractivity contribution in [3.05, 3.63) is 0 Å². The minimum Gasteiger partial charge on any atom is -0.298 e. The summed E-state index contributed by atoms with van der Waals surface area (Å²) in [4.78, 5) is 13.6. The highest BCUT2D eigenvalue weighted by Crippen LogP contribution is 2.30. The maximum Gasteiger partial charge on any atom is 0.149 e. The van der Waals surface area contributed by atoms with Gasteiger partial charge in [0.05, 0.1) is 6.54 Å². The van der Waals surface area contributed by atoms with Crippen molar-refractivity contribution in [1.29, 1.82) is 0 Å². The molecule has 0 spiro atoms. The first kappa shape index (κ1) is 11.1. The van der Waals surface area contributed by atoms with Crippen LogP contribution in [0.5, 0.6) is 0 Å². The SMILES string of the molecule is CSCC(C)N(C)CC(=O)C1CC1. The zero-order chi connectivity index (χ0) is 9.84. The lowest BCUT2D eigenvalue weighted by molar-refractivity contribution is -0.121. The second kappa shape index (κ2) is 5.01. The van der Waals surface area contributed by atoms with Crippen LogP contribution in [0.25, 0.3) is 0 Å². The van der Waals surface area contributed by atoms with Gasteiger partial charge in [-0.1, -0.05) is 0 Å². The van der Waals surface area contributed by atoms with Gasteiger partial charge in [-0.15, -0.1) is 0 Å². The molecule has 0 radical (unpaired) electrons. The van der Waals surface area contributed by atoms with E-state index in [1.54, 1.807) is 0 Å². The third-order valence-corrected chi connectivity index (χ3v) is 3.41. The number of rotatable bonds is 6. The van der Waals surface area contributed by atoms with E-state index < -0.39 is 0 Å². The Morgan fingerprint density at radius 1 is 1.62 bits per heavy atom. The quantitative estimate of drug-likeness (QED) is 0.652. The molecule has 13 heavy (non-hydrogen) atoms. The summed E-state index contributed by atoms with van der Waals surface area (Å²) in [7, 11) is 2.04. The van der Waals surface area contributed by atoms with E-state index in [1.807, 2.05) is 18.8 Å². The Morgan fingerprint density at radius 2 is 2.23 bits per heavy atom. The van der Waals surface area contributed by atoms with Gasteiger partial charge in [-0.05, 0) is 33.1 Å². The van der Waals surface area contributed by atoms with Crippen LogP contribution in [0.2, 0.25) is 0 Å². The van der Waals surface area contributed by atoms with Crippen molar-refractivity contribution < 1.29 is 4.79 Å². The first-order chi connectivity index (χ1) is 6.15. The van der Waals surface area contributed by atoms with Crippen LogP contribution in [-0.4, -0.2) is 42.3 Å². The smallest absolute Gasteiger partial charge is 0.149 e. The normalized spacial score (nSPS) is 19.1. The summed E-state index contributed by atoms with van der Waals surface area (Å²) in [5.41, 5.74) is 0. The van der Waals surface area contributed by atoms with E-state index in [2.05, 4.69) is 18.1 Å². The van der Waals surface area contributed by atoms with E-state index in [0.717, 1.165) is 18.6 Å². The van der Waals surface area contributed by atoms with E-state index in [4.69, 9.17) is 0 Å². The van der Waals surface area contributed by atoms with E-state index in [0.29, 0.717) is 24.3 Å². The Bertz CT molecular complexity index is 180. The van der Waals surface area contributed by atoms with E-state index in [-0.39, 0.29) is 0 Å². The summed E-state index contributed by atoms with van der Waals surface area (Å²) in [6.07, 6.45) is 4.36. The average molecular weight is 201 g/mol. The van der Waals surface area contributed by atoms with Gasteiger partial charge < -0.3 is 0 Å². The molecule has 1 atom stereocenters. The Hall–Kier alpha value is -0.0200. The Kier molecular flexibility index (Phi) is 4.26. The van der Waals surface area contributed by atoms with Crippen LogP contribution >= 0.6 is 11.8 Å². The topological polar surface area (TPSA) is 20.3 Å². The monoisotopic (exact) mass is 201 g/mol. The van der Waals surface area contributed by atoms with Crippen LogP contribution in [-0.2, 0) is 4.79 Å². The minimum absolute atomic E-state index is 0.406. The van der Waals surface area contributed by atoms with Crippen LogP contribution in [0, 0.1) is 5.92 Å². The molecule has 1 saturated carbocycles. The molecule has 0 amide bonds. The Balaban J connectivity index is 2.21. The van der Waals surface area contributed by atoms with Gasteiger partial charge >= 0.3 is 0 Å². The van der Waals surface area contributed by atoms with Gasteiger partial charge in [-0.2, -0.15) is 11.8 Å². The molecular weight excluding hydrogens is 182 g/mol. The standard InChI is InChI=1S/C10H19NOS/c1-8(7-13-3)11(2)6-10(12)9-4-5-9/h8-9H,4-7H2,1-3H3. The molecule has 0 bridgehead atoms. The molecule has 2 nitrogen and oxygen atoms in total. The van der Waals surface area contributed by atoms with E-state index in [1.165, 1.54) is 0 Å². The van der Waals surface area contributed by atoms with Gasteiger partial charge in [0.2, 0.25) is 0 Å². The molecule has 0 N–H and O–H groups in total. The number of ketones is 1. The van der Waals surface area contributed by atoms with Crippen LogP contribution < -0.4 is 0 Å². The highest BCUT2D eigenvalue weighted by Gasteiger charge is 2.30. The number of Topliss-reactive ketones (excluding diaryl/α,β-unsaturated/α-hetero) is 1. The van der Waals surface area contributed by atoms with Gasteiger partial charge in [0.25, 0.3) is 0 Å². The fourth-order valence-corrected chi connectivity index (χ4v) is 2.04. The van der Waals surface area contributed by atoms with Crippen LogP contribution in [0.3, 0.4) is 0 Å². The van der Waals surface area contributed by atoms with Crippen LogP contribution in [0.4, 0.5) is 0 Å². The van der Waals surface area contributed by atoms with Gasteiger partial charge in [0.1, 0.15) is 5.78 Å². The number of hydrogen-bond donors (Lipinski definition) is 0. The van der Waals surface area contributed by atoms with E-state index in [9.17, 15) is 4.79 Å². The molecule has 0 aliphatic heterocycles. The summed E-state index contributed by atoms with van der Waals surface area (Å²) >= 11 is 1.84. The third kappa shape index (κ3) is 3.69. The van der Waals surface area contributed by atoms with Crippen LogP contribution in [0.15, 0.2) is 0 Å². The number of carbonyl (C=O) groups is 1. The largest absolute Gasteiger partial charge is 0.298 e. The lowest BCUT2D eigenvalue weighted by atomic mass is 10.2. The molecule has 1 aliphatic rings. The summed E-state index contributed by atoms with van der Waals surface area (Å²) in [5.74, 6) is 1.95. The molecule has 1 unspecified atom stereocenters. The van der Waals surface area contributed by atoms with Crippen molar-refractivity contribution in [2.45, 2.75) is 25.8 Å². The highest BCUT2D eigenvalue weighted by atomic mass is 32.2. The fraction of sp³-hybridized carbons (Fsp3) is 0.900. The number of likely N-dealkylation sites (N-methyl/N-ethyl adjacent to an activating group) is 1. The van der Waals surface area contributed by atoms with Gasteiger partial charge in [0.15, 0.2) is 0 Å². The number of carbonyl (C=O) groups excluding carboxylic acids is 1. The van der Waals surface area contributed by atoms with Crippen molar-refractivity contribution in [1.82, 2.24) is 4.90 Å². The number of thioether (sulfide) groups is 1. The van der Waals surface area contributed by atoms with Crippen molar-refractivity contribution >= 4 is 17.5 Å². The molecule has 1 aliphatic carbocycles. The summed E-state index contributed by atoms with van der Waals surface area (Å²) in [5, 5.41) is 0. The summed E-state index contributed by atoms with van der Waals surface area (Å²) in [6.45, 7) is 2.82. The fourth-order valence-electron chi connectivity index (χ4n) is 1.30. The van der Waals surface area contributed by atoms with Crippen molar-refractivity contribution in [2.75, 3.05) is 25.6 Å². The van der Waals surface area contributed by atoms with Crippen molar-refractivity contribution in [3.8, 4) is 0 Å². The van der Waals surface area contributed by atoms with Gasteiger partial charge in [-0.25, -0.2) is 0 Å². The molecule has 1 rings (SSSR count). The molecule has 0 heterocycles. The first-order valence-electron chi connectivity index (χ1n) is 4.87. The number of nitrogens with zero attached hydrogens (tertiary/aromatic N) is 1. The number of hydrogen-bond acceptors (Lipinski definition) is 3. The van der Waals surface area contributed by atoms with Gasteiger partial charge in [-0.3, -0.25) is 9.69 Å². The first-order valence-corrected chi connectivity index (χ1v) is 6.26. The third-order valence-electron chi connectivity index (χ3n) is 2.60. The van der Waals surface area contributed by atoms with E-state index >= 15 is 0 Å². The van der Waals surface area contributed by atoms with Crippen LogP contribution in [0.1, 0.15) is 19.8 Å². The Morgan fingerprint density at radius 3 is 2.69 bits per heavy atom. The maximum atomic E-state index is 11.5. The predicted octanol–water partition coefficient (Wildman–Crippen LogP) is 1.65. The Labute approximate surface area is 85.1 Å². The highest BCUT2D eigenvalue weighted by molar-refractivity contribution is 7.98. The lowest BCUT2D eigenvalue weighted by Crippen LogP contribution is -2.35. The molecule has 0 aromatic rings. The zero-order valence-electron chi connectivity index (χ0n) is 8.75. The predicted molar refractivity (Wildman–Crippen MR) is 58.2 cm³/mol. The molecule has 0 aromatic heterocycles. The molecule has 1 fully saturated rings. The maximum absolute atomic E-state index is 11.5. The lowest BCUT2D eigenvalue weighted by Gasteiger charge is -2.23. The summed E-state index contributed by atoms with van der Waals surface area (Å²) < 4.78 is 0. The second-order valence-corrected chi connectivity index (χ2v) is 4.87. The van der Waals surface area contributed by atoms with Gasteiger partial charge in [0, 0.05) is 17.7 Å². The molecule has 0 saturated heterocycles. The molecule has 0 aromatic carbocycles. The van der Waals surface area contributed by atoms with Crippen molar-refractivity contribution in [2.24, 2.45) is 5.92 Å². The zero-order valence-corrected chi connectivity index (χ0v) is 9.56. The van der Waals surface area contributed by atoms with Crippen molar-refractivity contribution in [3.63, 3.8) is 0 Å². The molecule has 3 heteroatoms. The second-order valence-electron chi connectivity index (χ2n) is 3.96. The molecular formula is C10H19NOS.